The van der Waals surface area contributed by atoms with Gasteiger partial charge in [0.25, 0.3) is 0 Å². The van der Waals surface area contributed by atoms with Crippen molar-refractivity contribution >= 4 is 27.3 Å². The van der Waals surface area contributed by atoms with E-state index in [-0.39, 0.29) is 0 Å². The number of aliphatic hydroxyl groups is 1. The smallest absolute Gasteiger partial charge is 0.100 e. The van der Waals surface area contributed by atoms with Crippen molar-refractivity contribution in [2.75, 3.05) is 0 Å². The van der Waals surface area contributed by atoms with Crippen LogP contribution in [0.15, 0.2) is 28.2 Å². The van der Waals surface area contributed by atoms with Crippen molar-refractivity contribution in [2.24, 2.45) is 0 Å². The average Bonchev–Trinajstić information content (AvgIpc) is 2.86. The van der Waals surface area contributed by atoms with Gasteiger partial charge in [-0.1, -0.05) is 0 Å². The lowest BCUT2D eigenvalue weighted by Crippen LogP contribution is -2.09. The van der Waals surface area contributed by atoms with Crippen molar-refractivity contribution in [1.29, 1.82) is 0 Å². The van der Waals surface area contributed by atoms with Crippen LogP contribution >= 0.6 is 27.3 Å². The molecule has 1 N–H and O–H groups in total. The van der Waals surface area contributed by atoms with E-state index < -0.39 is 6.10 Å². The zero-order valence-corrected chi connectivity index (χ0v) is 11.3. The van der Waals surface area contributed by atoms with E-state index >= 15 is 0 Å². The summed E-state index contributed by atoms with van der Waals surface area (Å²) < 4.78 is 2.90. The summed E-state index contributed by atoms with van der Waals surface area (Å²) in [6.07, 6.45) is 1.89. The van der Waals surface area contributed by atoms with Gasteiger partial charge in [0, 0.05) is 33.9 Å². The van der Waals surface area contributed by atoms with Gasteiger partial charge in [-0.05, 0) is 35.0 Å². The van der Waals surface area contributed by atoms with Gasteiger partial charge >= 0.3 is 0 Å². The molecule has 86 valence electrons. The topological polar surface area (TPSA) is 38.0 Å². The molecule has 0 radical (unpaired) electrons. The van der Waals surface area contributed by atoms with Crippen LogP contribution in [0.4, 0.5) is 0 Å². The quantitative estimate of drug-likeness (QED) is 0.942. The molecule has 0 spiro atoms. The fraction of sp³-hybridized carbons (Fsp3) is 0.364. The number of aliphatic hydroxyl groups excluding tert-OH is 1. The predicted molar refractivity (Wildman–Crippen MR) is 68.6 cm³/mol. The highest BCUT2D eigenvalue weighted by Crippen LogP contribution is 2.25. The number of nitrogens with zero attached hydrogens (tertiary/aromatic N) is 2. The number of thiophene rings is 1. The van der Waals surface area contributed by atoms with Gasteiger partial charge in [-0.2, -0.15) is 5.10 Å². The summed E-state index contributed by atoms with van der Waals surface area (Å²) >= 11 is 5.06. The Morgan fingerprint density at radius 2 is 2.44 bits per heavy atom. The van der Waals surface area contributed by atoms with Gasteiger partial charge in [-0.25, -0.2) is 0 Å². The van der Waals surface area contributed by atoms with E-state index in [2.05, 4.69) is 21.0 Å². The van der Waals surface area contributed by atoms with Crippen LogP contribution in [-0.2, 0) is 13.0 Å². The number of rotatable bonds is 4. The summed E-state index contributed by atoms with van der Waals surface area (Å²) in [6, 6.07) is 3.91. The van der Waals surface area contributed by atoms with Gasteiger partial charge in [0.2, 0.25) is 0 Å². The Morgan fingerprint density at radius 1 is 1.62 bits per heavy atom. The van der Waals surface area contributed by atoms with Crippen molar-refractivity contribution < 1.29 is 5.11 Å². The summed E-state index contributed by atoms with van der Waals surface area (Å²) in [6.45, 7) is 2.80. The molecule has 0 aliphatic carbocycles. The molecular weight excluding hydrogens is 288 g/mol. The number of aryl methyl sites for hydroxylation is 1. The van der Waals surface area contributed by atoms with Crippen LogP contribution in [0.3, 0.4) is 0 Å². The van der Waals surface area contributed by atoms with Crippen molar-refractivity contribution in [3.63, 3.8) is 0 Å². The molecule has 1 unspecified atom stereocenters. The lowest BCUT2D eigenvalue weighted by molar-refractivity contribution is 0.168. The Bertz CT molecular complexity index is 466. The molecular formula is C11H13BrN2OS. The van der Waals surface area contributed by atoms with Gasteiger partial charge in [-0.3, -0.25) is 4.68 Å². The summed E-state index contributed by atoms with van der Waals surface area (Å²) in [5, 5.41) is 16.3. The average molecular weight is 301 g/mol. The molecule has 0 saturated heterocycles. The minimum Gasteiger partial charge on any atom is -0.386 e. The van der Waals surface area contributed by atoms with Crippen LogP contribution in [0.2, 0.25) is 0 Å². The summed E-state index contributed by atoms with van der Waals surface area (Å²) in [5.74, 6) is 0. The standard InChI is InChI=1S/C11H13BrN2OS/c1-2-14-10(3-4-13-14)11(15)6-9-5-8(12)7-16-9/h3-5,7,11,15H,2,6H2,1H3. The fourth-order valence-corrected chi connectivity index (χ4v) is 3.14. The monoisotopic (exact) mass is 300 g/mol. The Morgan fingerprint density at radius 3 is 3.06 bits per heavy atom. The molecule has 0 aliphatic heterocycles. The molecule has 16 heavy (non-hydrogen) atoms. The number of hydrogen-bond acceptors (Lipinski definition) is 3. The van der Waals surface area contributed by atoms with E-state index in [1.54, 1.807) is 17.5 Å². The van der Waals surface area contributed by atoms with Crippen LogP contribution < -0.4 is 0 Å². The Balaban J connectivity index is 2.11. The normalized spacial score (nSPS) is 12.9. The zero-order valence-electron chi connectivity index (χ0n) is 8.93. The van der Waals surface area contributed by atoms with E-state index in [9.17, 15) is 5.11 Å². The molecule has 0 saturated carbocycles. The third kappa shape index (κ3) is 2.53. The maximum atomic E-state index is 10.1. The molecule has 2 heterocycles. The number of hydrogen-bond donors (Lipinski definition) is 1. The molecule has 2 rings (SSSR count). The van der Waals surface area contributed by atoms with Gasteiger partial charge in [0.1, 0.15) is 6.10 Å². The summed E-state index contributed by atoms with van der Waals surface area (Å²) in [7, 11) is 0. The Hall–Kier alpha value is -0.650. The minimum absolute atomic E-state index is 0.479. The van der Waals surface area contributed by atoms with Crippen molar-refractivity contribution in [2.45, 2.75) is 26.0 Å². The molecule has 1 atom stereocenters. The molecule has 0 amide bonds. The van der Waals surface area contributed by atoms with Gasteiger partial charge < -0.3 is 5.11 Å². The Labute approximate surface area is 107 Å². The second-order valence-electron chi connectivity index (χ2n) is 3.52. The van der Waals surface area contributed by atoms with Gasteiger partial charge in [-0.15, -0.1) is 11.3 Å². The number of halogens is 1. The zero-order chi connectivity index (χ0) is 11.5. The third-order valence-corrected chi connectivity index (χ3v) is 4.13. The van der Waals surface area contributed by atoms with Crippen LogP contribution in [0, 0.1) is 0 Å². The van der Waals surface area contributed by atoms with E-state index in [0.29, 0.717) is 6.42 Å². The summed E-state index contributed by atoms with van der Waals surface area (Å²) in [5.41, 5.74) is 0.882. The molecule has 0 fully saturated rings. The fourth-order valence-electron chi connectivity index (χ4n) is 1.65. The highest BCUT2D eigenvalue weighted by molar-refractivity contribution is 9.10. The van der Waals surface area contributed by atoms with E-state index in [4.69, 9.17) is 0 Å². The summed E-state index contributed by atoms with van der Waals surface area (Å²) in [4.78, 5) is 1.17. The SMILES string of the molecule is CCn1nccc1C(O)Cc1cc(Br)cs1. The molecule has 5 heteroatoms. The lowest BCUT2D eigenvalue weighted by Gasteiger charge is -2.11. The van der Waals surface area contributed by atoms with E-state index in [0.717, 1.165) is 16.7 Å². The first-order chi connectivity index (χ1) is 7.70. The van der Waals surface area contributed by atoms with Gasteiger partial charge in [0.05, 0.1) is 5.69 Å². The second kappa shape index (κ2) is 5.12. The maximum absolute atomic E-state index is 10.1. The first kappa shape index (κ1) is 11.8. The van der Waals surface area contributed by atoms with Crippen molar-refractivity contribution in [3.05, 3.63) is 38.8 Å². The minimum atomic E-state index is -0.479. The highest BCUT2D eigenvalue weighted by atomic mass is 79.9. The molecule has 2 aromatic rings. The van der Waals surface area contributed by atoms with Gasteiger partial charge in [0.15, 0.2) is 0 Å². The van der Waals surface area contributed by atoms with Crippen LogP contribution in [0.5, 0.6) is 0 Å². The van der Waals surface area contributed by atoms with E-state index in [1.165, 1.54) is 4.88 Å². The molecule has 0 bridgehead atoms. The lowest BCUT2D eigenvalue weighted by atomic mass is 10.1. The van der Waals surface area contributed by atoms with Crippen molar-refractivity contribution in [3.8, 4) is 0 Å². The molecule has 0 aliphatic rings. The van der Waals surface area contributed by atoms with Crippen molar-refractivity contribution in [1.82, 2.24) is 9.78 Å². The number of aromatic nitrogens is 2. The molecule has 0 aromatic carbocycles. The van der Waals surface area contributed by atoms with Crippen LogP contribution in [0.25, 0.3) is 0 Å². The largest absolute Gasteiger partial charge is 0.386 e. The predicted octanol–water partition coefficient (Wildman–Crippen LogP) is 3.00. The first-order valence-corrected chi connectivity index (χ1v) is 6.80. The first-order valence-electron chi connectivity index (χ1n) is 5.13. The van der Waals surface area contributed by atoms with Crippen LogP contribution in [-0.4, -0.2) is 14.9 Å². The molecule has 2 aromatic heterocycles. The third-order valence-electron chi connectivity index (χ3n) is 2.41. The van der Waals surface area contributed by atoms with E-state index in [1.807, 2.05) is 29.1 Å². The second-order valence-corrected chi connectivity index (χ2v) is 5.43. The molecule has 3 nitrogen and oxygen atoms in total. The maximum Gasteiger partial charge on any atom is 0.100 e. The van der Waals surface area contributed by atoms with Crippen LogP contribution in [0.1, 0.15) is 23.6 Å². The Kier molecular flexibility index (Phi) is 3.78. The highest BCUT2D eigenvalue weighted by Gasteiger charge is 2.14.